The van der Waals surface area contributed by atoms with Gasteiger partial charge in [-0.3, -0.25) is 0 Å². The van der Waals surface area contributed by atoms with E-state index in [1.807, 2.05) is 32.0 Å². The molecule has 1 heterocycles. The van der Waals surface area contributed by atoms with Crippen LogP contribution in [0.25, 0.3) is 0 Å². The number of fused-ring (bicyclic) bond motifs is 2. The number of aryl methyl sites for hydroxylation is 1. The third-order valence-corrected chi connectivity index (χ3v) is 5.32. The topological polar surface area (TPSA) is 6.48 Å². The van der Waals surface area contributed by atoms with Crippen LogP contribution in [0, 0.1) is 6.92 Å². The van der Waals surface area contributed by atoms with Crippen LogP contribution in [0.15, 0.2) is 46.2 Å². The van der Waals surface area contributed by atoms with Crippen LogP contribution >= 0.6 is 11.8 Å². The fraction of sp³-hybridized carbons (Fsp3) is 0.368. The highest BCUT2D eigenvalue weighted by atomic mass is 32.2. The zero-order valence-electron chi connectivity index (χ0n) is 14.5. The molecule has 3 rings (SSSR count). The fourth-order valence-electron chi connectivity index (χ4n) is 2.95. The molecule has 0 radical (unpaired) electrons. The Hall–Kier alpha value is -1.66. The van der Waals surface area contributed by atoms with Crippen molar-refractivity contribution in [1.29, 1.82) is 0 Å². The highest BCUT2D eigenvalue weighted by Gasteiger charge is 2.33. The maximum absolute atomic E-state index is 13.2. The van der Waals surface area contributed by atoms with Crippen molar-refractivity contribution in [2.45, 2.75) is 29.3 Å². The molecule has 0 bridgehead atoms. The molecule has 2 nitrogen and oxygen atoms in total. The highest BCUT2D eigenvalue weighted by Crippen LogP contribution is 2.49. The van der Waals surface area contributed by atoms with Crippen molar-refractivity contribution in [2.75, 3.05) is 32.1 Å². The second-order valence-electron chi connectivity index (χ2n) is 6.56. The number of hydrogen-bond donors (Lipinski definition) is 0. The van der Waals surface area contributed by atoms with Gasteiger partial charge in [0.25, 0.3) is 0 Å². The summed E-state index contributed by atoms with van der Waals surface area (Å²) in [5, 5.41) is 0. The minimum atomic E-state index is -4.33. The number of benzene rings is 2. The van der Waals surface area contributed by atoms with Crippen LogP contribution in [-0.4, -0.2) is 32.1 Å². The van der Waals surface area contributed by atoms with E-state index in [0.29, 0.717) is 12.2 Å². The summed E-state index contributed by atoms with van der Waals surface area (Å²) >= 11 is 1.53. The highest BCUT2D eigenvalue weighted by molar-refractivity contribution is 7.99. The van der Waals surface area contributed by atoms with Gasteiger partial charge in [-0.1, -0.05) is 17.8 Å². The third-order valence-electron chi connectivity index (χ3n) is 4.19. The van der Waals surface area contributed by atoms with Gasteiger partial charge in [0.1, 0.15) is 0 Å². The fourth-order valence-corrected chi connectivity index (χ4v) is 4.01. The summed E-state index contributed by atoms with van der Waals surface area (Å²) in [7, 11) is 4.00. The second-order valence-corrected chi connectivity index (χ2v) is 7.65. The molecule has 0 N–H and O–H groups in total. The van der Waals surface area contributed by atoms with Gasteiger partial charge in [0.05, 0.1) is 16.9 Å². The Kier molecular flexibility index (Phi) is 5.02. The molecule has 0 unspecified atom stereocenters. The normalized spacial score (nSPS) is 13.8. The Labute approximate surface area is 150 Å². The molecule has 0 amide bonds. The predicted molar refractivity (Wildman–Crippen MR) is 96.9 cm³/mol. The number of hydrogen-bond acceptors (Lipinski definition) is 3. The number of rotatable bonds is 4. The summed E-state index contributed by atoms with van der Waals surface area (Å²) in [4.78, 5) is 6.08. The van der Waals surface area contributed by atoms with E-state index in [0.717, 1.165) is 34.0 Å². The van der Waals surface area contributed by atoms with Crippen LogP contribution < -0.4 is 4.90 Å². The van der Waals surface area contributed by atoms with Gasteiger partial charge in [0.2, 0.25) is 0 Å². The molecule has 25 heavy (non-hydrogen) atoms. The molecule has 0 saturated heterocycles. The Balaban J connectivity index is 2.02. The van der Waals surface area contributed by atoms with Crippen molar-refractivity contribution in [3.63, 3.8) is 0 Å². The van der Waals surface area contributed by atoms with Gasteiger partial charge in [-0.25, -0.2) is 0 Å². The van der Waals surface area contributed by atoms with Crippen molar-refractivity contribution in [1.82, 2.24) is 4.90 Å². The van der Waals surface area contributed by atoms with Gasteiger partial charge in [0.15, 0.2) is 0 Å². The lowest BCUT2D eigenvalue weighted by Crippen LogP contribution is -2.26. The molecule has 2 aromatic rings. The van der Waals surface area contributed by atoms with Crippen LogP contribution in [0.4, 0.5) is 24.5 Å². The molecule has 0 aromatic heterocycles. The van der Waals surface area contributed by atoms with E-state index in [1.165, 1.54) is 23.9 Å². The first-order chi connectivity index (χ1) is 11.8. The van der Waals surface area contributed by atoms with Gasteiger partial charge in [-0.2, -0.15) is 13.2 Å². The third kappa shape index (κ3) is 3.96. The molecule has 134 valence electrons. The van der Waals surface area contributed by atoms with Crippen molar-refractivity contribution >= 4 is 23.1 Å². The predicted octanol–water partition coefficient (Wildman–Crippen LogP) is 5.57. The van der Waals surface area contributed by atoms with Gasteiger partial charge < -0.3 is 9.80 Å². The molecule has 6 heteroatoms. The zero-order chi connectivity index (χ0) is 18.2. The first kappa shape index (κ1) is 18.1. The zero-order valence-corrected chi connectivity index (χ0v) is 15.3. The van der Waals surface area contributed by atoms with E-state index in [-0.39, 0.29) is 0 Å². The Morgan fingerprint density at radius 1 is 1.00 bits per heavy atom. The average Bonchev–Trinajstić information content (AvgIpc) is 2.53. The van der Waals surface area contributed by atoms with E-state index >= 15 is 0 Å². The van der Waals surface area contributed by atoms with E-state index in [4.69, 9.17) is 0 Å². The molecule has 0 spiro atoms. The van der Waals surface area contributed by atoms with Crippen LogP contribution in [0.1, 0.15) is 17.5 Å². The van der Waals surface area contributed by atoms with Crippen molar-refractivity contribution < 1.29 is 13.2 Å². The number of anilines is 2. The number of alkyl halides is 3. The summed E-state index contributed by atoms with van der Waals surface area (Å²) < 4.78 is 39.5. The largest absolute Gasteiger partial charge is 0.416 e. The molecule has 0 saturated carbocycles. The van der Waals surface area contributed by atoms with Crippen molar-refractivity contribution in [2.24, 2.45) is 0 Å². The Morgan fingerprint density at radius 3 is 2.28 bits per heavy atom. The summed E-state index contributed by atoms with van der Waals surface area (Å²) in [5.74, 6) is 0. The van der Waals surface area contributed by atoms with Crippen molar-refractivity contribution in [3.8, 4) is 0 Å². The van der Waals surface area contributed by atoms with Crippen LogP contribution in [-0.2, 0) is 6.18 Å². The average molecular weight is 366 g/mol. The van der Waals surface area contributed by atoms with Crippen LogP contribution in [0.3, 0.4) is 0 Å². The summed E-state index contributed by atoms with van der Waals surface area (Å²) in [6.07, 6.45) is -3.46. The maximum Gasteiger partial charge on any atom is 0.416 e. The van der Waals surface area contributed by atoms with E-state index in [2.05, 4.69) is 17.0 Å². The van der Waals surface area contributed by atoms with Gasteiger partial charge in [-0.15, -0.1) is 0 Å². The molecule has 2 aromatic carbocycles. The lowest BCUT2D eigenvalue weighted by Gasteiger charge is -2.34. The summed E-state index contributed by atoms with van der Waals surface area (Å²) in [6, 6.07) is 10.2. The van der Waals surface area contributed by atoms with Crippen molar-refractivity contribution in [3.05, 3.63) is 47.5 Å². The first-order valence-electron chi connectivity index (χ1n) is 8.18. The van der Waals surface area contributed by atoms with Crippen LogP contribution in [0.2, 0.25) is 0 Å². The molecule has 1 aliphatic heterocycles. The Bertz CT molecular complexity index is 772. The van der Waals surface area contributed by atoms with Gasteiger partial charge in [0, 0.05) is 16.3 Å². The minimum Gasteiger partial charge on any atom is -0.340 e. The SMILES string of the molecule is Cc1ccc2c(c1)N(CCCN(C)C)c1cc(C(F)(F)F)ccc1S2. The van der Waals surface area contributed by atoms with E-state index < -0.39 is 11.7 Å². The summed E-state index contributed by atoms with van der Waals surface area (Å²) in [6.45, 7) is 3.58. The van der Waals surface area contributed by atoms with Gasteiger partial charge in [-0.05, 0) is 69.9 Å². The quantitative estimate of drug-likeness (QED) is 0.699. The standard InChI is InChI=1S/C19H21F3N2S/c1-13-5-7-17-15(11-13)24(10-4-9-23(2)3)16-12-14(19(20,21)22)6-8-18(16)25-17/h5-8,11-12H,4,9-10H2,1-3H3. The Morgan fingerprint density at radius 2 is 1.64 bits per heavy atom. The number of nitrogens with zero attached hydrogens (tertiary/aromatic N) is 2. The minimum absolute atomic E-state index is 0.597. The van der Waals surface area contributed by atoms with E-state index in [9.17, 15) is 13.2 Å². The second kappa shape index (κ2) is 6.92. The van der Waals surface area contributed by atoms with E-state index in [1.54, 1.807) is 6.07 Å². The molecule has 1 aliphatic rings. The lowest BCUT2D eigenvalue weighted by molar-refractivity contribution is -0.137. The molecule has 0 atom stereocenters. The molecule has 0 fully saturated rings. The monoisotopic (exact) mass is 366 g/mol. The summed E-state index contributed by atoms with van der Waals surface area (Å²) in [5.41, 5.74) is 2.15. The molecular weight excluding hydrogens is 345 g/mol. The lowest BCUT2D eigenvalue weighted by atomic mass is 10.1. The number of halogens is 3. The smallest absolute Gasteiger partial charge is 0.340 e. The molecular formula is C19H21F3N2S. The van der Waals surface area contributed by atoms with Gasteiger partial charge >= 0.3 is 6.18 Å². The maximum atomic E-state index is 13.2. The van der Waals surface area contributed by atoms with Crippen LogP contribution in [0.5, 0.6) is 0 Å². The molecule has 0 aliphatic carbocycles. The first-order valence-corrected chi connectivity index (χ1v) is 8.99.